The number of nitrogens with two attached hydrogens (primary N) is 4. The molecule has 0 aliphatic carbocycles. The number of ketones is 4. The molecule has 1 heterocycles. The summed E-state index contributed by atoms with van der Waals surface area (Å²) in [7, 11) is 1.49. The van der Waals surface area contributed by atoms with Gasteiger partial charge in [-0.05, 0) is 98.9 Å². The smallest absolute Gasteiger partial charge is 0.315 e. The van der Waals surface area contributed by atoms with Crippen molar-refractivity contribution < 1.29 is 67.3 Å². The molecule has 0 unspecified atom stereocenters. The number of amides is 8. The summed E-state index contributed by atoms with van der Waals surface area (Å²) in [5.41, 5.74) is 24.9. The number of aromatic hydroxyl groups is 1. The van der Waals surface area contributed by atoms with Crippen molar-refractivity contribution in [2.45, 2.75) is 147 Å². The quantitative estimate of drug-likeness (QED) is 0.0169. The van der Waals surface area contributed by atoms with Crippen LogP contribution >= 0.6 is 0 Å². The van der Waals surface area contributed by atoms with Gasteiger partial charge in [-0.15, -0.1) is 0 Å². The topological polar surface area (TPSA) is 445 Å². The molecule has 0 saturated carbocycles. The van der Waals surface area contributed by atoms with E-state index >= 15 is 4.39 Å². The predicted molar refractivity (Wildman–Crippen MR) is 334 cm³/mol. The van der Waals surface area contributed by atoms with Crippen LogP contribution in [0.3, 0.4) is 0 Å². The molecule has 27 heteroatoms. The molecule has 4 rings (SSSR count). The first-order valence-electron chi connectivity index (χ1n) is 30.0. The van der Waals surface area contributed by atoms with Crippen molar-refractivity contribution in [2.75, 3.05) is 26.7 Å². The molecule has 0 aliphatic rings. The number of halogens is 1. The maximum atomic E-state index is 15.2. The number of hydrogen-bond donors (Lipinski definition) is 14. The van der Waals surface area contributed by atoms with Gasteiger partial charge < -0.3 is 75.3 Å². The molecule has 1 aromatic heterocycles. The number of aliphatic imine (C=N–C) groups is 1. The molecule has 490 valence electrons. The highest BCUT2D eigenvalue weighted by molar-refractivity contribution is 5.99. The molecule has 90 heavy (non-hydrogen) atoms. The largest absolute Gasteiger partial charge is 0.508 e. The number of para-hydroxylation sites is 1. The van der Waals surface area contributed by atoms with Crippen LogP contribution in [0, 0.1) is 29.5 Å². The van der Waals surface area contributed by atoms with Crippen molar-refractivity contribution in [3.05, 3.63) is 102 Å². The van der Waals surface area contributed by atoms with Crippen molar-refractivity contribution in [2.24, 2.45) is 51.6 Å². The zero-order chi connectivity index (χ0) is 66.6. The highest BCUT2D eigenvalue weighted by Gasteiger charge is 2.37. The molecule has 18 N–H and O–H groups in total. The fourth-order valence-electron chi connectivity index (χ4n) is 10.2. The summed E-state index contributed by atoms with van der Waals surface area (Å²) in [5, 5.41) is 39.8. The zero-order valence-electron chi connectivity index (χ0n) is 51.6. The summed E-state index contributed by atoms with van der Waals surface area (Å²) in [6, 6.07) is 10.8. The second kappa shape index (κ2) is 37.0. The van der Waals surface area contributed by atoms with Crippen molar-refractivity contribution >= 4 is 81.5 Å². The zero-order valence-corrected chi connectivity index (χ0v) is 51.6. The highest BCUT2D eigenvalue weighted by Crippen LogP contribution is 2.23. The summed E-state index contributed by atoms with van der Waals surface area (Å²) in [5.74, 6) is -12.6. The van der Waals surface area contributed by atoms with E-state index in [4.69, 9.17) is 22.9 Å². The molecule has 0 aliphatic heterocycles. The fourth-order valence-corrected chi connectivity index (χ4v) is 10.2. The summed E-state index contributed by atoms with van der Waals surface area (Å²) in [6.45, 7) is 5.68. The molecular weight excluding hydrogens is 1170 g/mol. The number of unbranched alkanes of at least 4 members (excludes halogenated alkanes) is 1. The average Bonchev–Trinajstić information content (AvgIpc) is 1.84. The first-order chi connectivity index (χ1) is 42.7. The molecule has 0 bridgehead atoms. The molecule has 26 nitrogen and oxygen atoms in total. The van der Waals surface area contributed by atoms with Crippen LogP contribution in [0.1, 0.15) is 109 Å². The van der Waals surface area contributed by atoms with Crippen LogP contribution in [0.5, 0.6) is 5.75 Å². The van der Waals surface area contributed by atoms with Crippen molar-refractivity contribution in [3.63, 3.8) is 0 Å². The Morgan fingerprint density at radius 2 is 1.19 bits per heavy atom. The number of aliphatic hydroxyl groups is 1. The number of carbonyl (C=O) groups is 11. The Bertz CT molecular complexity index is 3150. The van der Waals surface area contributed by atoms with Gasteiger partial charge in [0.2, 0.25) is 35.4 Å². The Balaban J connectivity index is 1.52. The van der Waals surface area contributed by atoms with Crippen molar-refractivity contribution in [1.29, 1.82) is 0 Å². The van der Waals surface area contributed by atoms with Crippen LogP contribution in [0.4, 0.5) is 9.18 Å². The summed E-state index contributed by atoms with van der Waals surface area (Å²) in [4.78, 5) is 157. The van der Waals surface area contributed by atoms with Crippen LogP contribution in [0.25, 0.3) is 10.9 Å². The number of fused-ring (bicyclic) bond motifs is 1. The minimum absolute atomic E-state index is 0.0108. The molecule has 4 aromatic rings. The number of guanidine groups is 1. The lowest BCUT2D eigenvalue weighted by Crippen LogP contribution is -2.53. The molecule has 8 amide bonds. The monoisotopic (exact) mass is 1250 g/mol. The summed E-state index contributed by atoms with van der Waals surface area (Å²) < 4.78 is 15.2. The van der Waals surface area contributed by atoms with E-state index in [0.717, 1.165) is 17.0 Å². The van der Waals surface area contributed by atoms with E-state index in [9.17, 15) is 63.0 Å². The standard InChI is InChI=1S/C63H88FN13O13/c1-35(2)25-48(53(81)30-41(15-12-24-70-62(68)69-5)60(88)76-52(58(67)86)28-42-33-71-47-18-9-7-16-44(42)47)77-63(90)72-34-56(84)50(27-39-13-6-8-17-46(39)64)75-61(89)45(36(3)78)31-55(83)51(32-57(66)85)74-59(87)40(14-10-11-23-65)29-54(82)49(73-37(4)79)26-38-19-21-43(80)22-20-38/h6-9,13,16-22,33,35-36,40-41,45,48-52,71,78,80H,10-12,14-15,23-32,34,65H2,1-5H3,(H2,66,85)(H2,67,86)(H,73,79)(H,74,87)(H,75,89)(H,76,88)(H3,68,69,70)(H2,72,77,90)/t36-,40-,41-,45+,48+,49-,50+,51+,52+/m1/s1. The molecule has 0 radical (unpaired) electrons. The highest BCUT2D eigenvalue weighted by atomic mass is 19.1. The summed E-state index contributed by atoms with van der Waals surface area (Å²) >= 11 is 0. The molecular formula is C63H88FN13O13. The maximum Gasteiger partial charge on any atom is 0.315 e. The molecule has 0 spiro atoms. The van der Waals surface area contributed by atoms with Gasteiger partial charge in [-0.3, -0.25) is 52.9 Å². The van der Waals surface area contributed by atoms with Gasteiger partial charge in [-0.25, -0.2) is 9.18 Å². The third-order valence-corrected chi connectivity index (χ3v) is 15.2. The number of aromatic amines is 1. The lowest BCUT2D eigenvalue weighted by Gasteiger charge is -2.26. The number of phenols is 1. The van der Waals surface area contributed by atoms with Gasteiger partial charge in [-0.2, -0.15) is 0 Å². The Hall–Kier alpha value is -9.11. The van der Waals surface area contributed by atoms with Gasteiger partial charge in [0.1, 0.15) is 17.6 Å². The van der Waals surface area contributed by atoms with Gasteiger partial charge in [0, 0.05) is 81.6 Å². The number of nitrogens with zero attached hydrogens (tertiary/aromatic N) is 1. The Morgan fingerprint density at radius 3 is 1.79 bits per heavy atom. The van der Waals surface area contributed by atoms with Crippen LogP contribution in [0.15, 0.2) is 84.0 Å². The SMILES string of the molecule is CN=C(N)NCCC[C@H](CC(=O)[C@H](CC(C)C)NC(=O)NCC(=O)[C@H](Cc1ccccc1F)NC(=O)[C@@H](CC(=O)[C@H](CC(N)=O)NC(=O)[C@H](CCCCN)CC(=O)[C@@H](Cc1ccc(O)cc1)NC(C)=O)[C@@H](C)O)C(=O)N[C@@H](Cc1c[nH]c2ccccc12)C(N)=O. The van der Waals surface area contributed by atoms with Gasteiger partial charge in [-0.1, -0.05) is 68.8 Å². The number of rotatable bonds is 40. The molecule has 3 aromatic carbocycles. The van der Waals surface area contributed by atoms with E-state index in [0.29, 0.717) is 30.4 Å². The van der Waals surface area contributed by atoms with Crippen LogP contribution in [-0.2, 0) is 67.2 Å². The normalized spacial score (nSPS) is 14.5. The Labute approximate surface area is 522 Å². The van der Waals surface area contributed by atoms with Crippen molar-refractivity contribution in [3.8, 4) is 5.75 Å². The fraction of sp³-hybridized carbons (Fsp3) is 0.492. The predicted octanol–water partition coefficient (Wildman–Crippen LogP) is 1.19. The number of aromatic nitrogens is 1. The van der Waals surface area contributed by atoms with Gasteiger partial charge >= 0.3 is 6.03 Å². The minimum Gasteiger partial charge on any atom is -0.508 e. The van der Waals surface area contributed by atoms with E-state index in [1.807, 2.05) is 24.3 Å². The third-order valence-electron chi connectivity index (χ3n) is 15.2. The third kappa shape index (κ3) is 24.8. The number of aliphatic hydroxyl groups excluding tert-OH is 1. The molecule has 0 saturated heterocycles. The maximum absolute atomic E-state index is 15.2. The number of carbonyl (C=O) groups excluding carboxylic acids is 11. The Morgan fingerprint density at radius 1 is 0.611 bits per heavy atom. The number of benzene rings is 3. The Kier molecular flexibility index (Phi) is 30.2. The van der Waals surface area contributed by atoms with Gasteiger partial charge in [0.25, 0.3) is 0 Å². The lowest BCUT2D eigenvalue weighted by molar-refractivity contribution is -0.137. The number of primary amides is 2. The number of H-pyrrole nitrogens is 1. The van der Waals surface area contributed by atoms with E-state index in [1.54, 1.807) is 32.2 Å². The minimum atomic E-state index is -1.69. The number of hydrogen-bond acceptors (Lipinski definition) is 15. The van der Waals surface area contributed by atoms with E-state index < -0.39 is 163 Å². The molecule has 0 fully saturated rings. The number of nitrogens with one attached hydrogen (secondary N) is 8. The van der Waals surface area contributed by atoms with E-state index in [-0.39, 0.29) is 68.4 Å². The van der Waals surface area contributed by atoms with Crippen molar-refractivity contribution in [1.82, 2.24) is 42.2 Å². The second-order valence-electron chi connectivity index (χ2n) is 22.9. The second-order valence-corrected chi connectivity index (χ2v) is 22.9. The van der Waals surface area contributed by atoms with Gasteiger partial charge in [0.15, 0.2) is 29.1 Å². The van der Waals surface area contributed by atoms with E-state index in [2.05, 4.69) is 47.2 Å². The van der Waals surface area contributed by atoms with Crippen LogP contribution < -0.4 is 60.2 Å². The van der Waals surface area contributed by atoms with Crippen LogP contribution in [-0.4, -0.2) is 149 Å². The number of urea groups is 1. The van der Waals surface area contributed by atoms with E-state index in [1.165, 1.54) is 51.2 Å². The average molecular weight is 1250 g/mol. The first-order valence-corrected chi connectivity index (χ1v) is 30.0. The lowest BCUT2D eigenvalue weighted by atomic mass is 9.89. The first kappa shape index (κ1) is 73.4. The summed E-state index contributed by atoms with van der Waals surface area (Å²) in [6.07, 6.45) is -1.39. The molecule has 9 atom stereocenters. The van der Waals surface area contributed by atoms with Gasteiger partial charge in [0.05, 0.1) is 49.2 Å². The van der Waals surface area contributed by atoms with Crippen LogP contribution in [0.2, 0.25) is 0 Å². The number of phenolic OH excluding ortho intramolecular Hbond substituents is 1. The number of Topliss-reactive ketones (excluding diaryl/α,β-unsaturated/α-hetero) is 4.